The predicted molar refractivity (Wildman–Crippen MR) is 86.0 cm³/mol. The van der Waals surface area contributed by atoms with Gasteiger partial charge in [-0.1, -0.05) is 0 Å². The molecule has 2 N–H and O–H groups in total. The molecular formula is C14H26N4O4S. The fraction of sp³-hybridized carbons (Fsp3) is 0.857. The van der Waals surface area contributed by atoms with E-state index in [1.165, 1.54) is 4.31 Å². The molecule has 0 aromatic rings. The molecule has 23 heavy (non-hydrogen) atoms. The highest BCUT2D eigenvalue weighted by Gasteiger charge is 2.31. The zero-order valence-corrected chi connectivity index (χ0v) is 14.4. The van der Waals surface area contributed by atoms with E-state index in [0.717, 1.165) is 38.6 Å². The summed E-state index contributed by atoms with van der Waals surface area (Å²) in [5.41, 5.74) is 5.40. The van der Waals surface area contributed by atoms with Crippen LogP contribution in [0.25, 0.3) is 0 Å². The van der Waals surface area contributed by atoms with Crippen molar-refractivity contribution in [1.29, 1.82) is 0 Å². The maximum absolute atomic E-state index is 12.4. The average molecular weight is 346 g/mol. The fourth-order valence-electron chi connectivity index (χ4n) is 3.11. The molecule has 0 saturated carbocycles. The van der Waals surface area contributed by atoms with E-state index in [9.17, 15) is 18.0 Å². The molecule has 8 nitrogen and oxygen atoms in total. The SMILES string of the molecule is CS(=O)(=O)N1CCN(CC(=O)N2CCCCC2)C[C@H](C(N)=O)C1. The number of sulfonamides is 1. The Morgan fingerprint density at radius 1 is 1.04 bits per heavy atom. The Bertz CT molecular complexity index is 545. The molecule has 0 unspecified atom stereocenters. The van der Waals surface area contributed by atoms with E-state index in [4.69, 9.17) is 5.73 Å². The fourth-order valence-corrected chi connectivity index (χ4v) is 3.97. The monoisotopic (exact) mass is 346 g/mol. The molecule has 9 heteroatoms. The molecule has 2 saturated heterocycles. The number of amides is 2. The van der Waals surface area contributed by atoms with Crippen LogP contribution in [0.4, 0.5) is 0 Å². The van der Waals surface area contributed by atoms with E-state index in [0.29, 0.717) is 13.1 Å². The van der Waals surface area contributed by atoms with Crippen molar-refractivity contribution in [3.05, 3.63) is 0 Å². The summed E-state index contributed by atoms with van der Waals surface area (Å²) in [5, 5.41) is 0. The van der Waals surface area contributed by atoms with Crippen LogP contribution in [0.5, 0.6) is 0 Å². The van der Waals surface area contributed by atoms with Crippen LogP contribution in [0.1, 0.15) is 19.3 Å². The largest absolute Gasteiger partial charge is 0.369 e. The highest BCUT2D eigenvalue weighted by atomic mass is 32.2. The van der Waals surface area contributed by atoms with Crippen molar-refractivity contribution in [1.82, 2.24) is 14.1 Å². The molecule has 132 valence electrons. The summed E-state index contributed by atoms with van der Waals surface area (Å²) in [5.74, 6) is -1.09. The van der Waals surface area contributed by atoms with Crippen molar-refractivity contribution in [2.75, 3.05) is 52.1 Å². The van der Waals surface area contributed by atoms with Gasteiger partial charge in [0.05, 0.1) is 18.7 Å². The molecule has 0 aliphatic carbocycles. The number of hydrogen-bond acceptors (Lipinski definition) is 5. The number of primary amides is 1. The Morgan fingerprint density at radius 2 is 1.70 bits per heavy atom. The van der Waals surface area contributed by atoms with Gasteiger partial charge in [0.25, 0.3) is 0 Å². The summed E-state index contributed by atoms with van der Waals surface area (Å²) >= 11 is 0. The van der Waals surface area contributed by atoms with E-state index in [1.54, 1.807) is 0 Å². The number of carbonyl (C=O) groups is 2. The van der Waals surface area contributed by atoms with E-state index >= 15 is 0 Å². The summed E-state index contributed by atoms with van der Waals surface area (Å²) in [6.07, 6.45) is 4.33. The number of nitrogens with zero attached hydrogens (tertiary/aromatic N) is 3. The second-order valence-electron chi connectivity index (χ2n) is 6.40. The molecule has 2 amide bonds. The van der Waals surface area contributed by atoms with Crippen LogP contribution in [0.3, 0.4) is 0 Å². The van der Waals surface area contributed by atoms with Crippen LogP contribution in [0.15, 0.2) is 0 Å². The van der Waals surface area contributed by atoms with Gasteiger partial charge < -0.3 is 10.6 Å². The minimum atomic E-state index is -3.38. The molecule has 2 heterocycles. The second-order valence-corrected chi connectivity index (χ2v) is 8.38. The van der Waals surface area contributed by atoms with Gasteiger partial charge >= 0.3 is 0 Å². The number of nitrogens with two attached hydrogens (primary N) is 1. The number of likely N-dealkylation sites (tertiary alicyclic amines) is 1. The molecule has 0 spiro atoms. The summed E-state index contributed by atoms with van der Waals surface area (Å²) in [6, 6.07) is 0. The highest BCUT2D eigenvalue weighted by Crippen LogP contribution is 2.14. The van der Waals surface area contributed by atoms with Crippen molar-refractivity contribution < 1.29 is 18.0 Å². The van der Waals surface area contributed by atoms with Gasteiger partial charge in [-0.2, -0.15) is 0 Å². The van der Waals surface area contributed by atoms with Gasteiger partial charge in [0, 0.05) is 39.3 Å². The Kier molecular flexibility index (Phi) is 5.99. The number of piperidine rings is 1. The predicted octanol–water partition coefficient (Wildman–Crippen LogP) is -1.32. The van der Waals surface area contributed by atoms with Crippen molar-refractivity contribution >= 4 is 21.8 Å². The Balaban J connectivity index is 2.01. The number of rotatable bonds is 4. The first-order chi connectivity index (χ1) is 10.8. The maximum atomic E-state index is 12.4. The lowest BCUT2D eigenvalue weighted by atomic mass is 10.1. The highest BCUT2D eigenvalue weighted by molar-refractivity contribution is 7.88. The third kappa shape index (κ3) is 5.15. The lowest BCUT2D eigenvalue weighted by Crippen LogP contribution is -2.45. The van der Waals surface area contributed by atoms with E-state index in [1.807, 2.05) is 9.80 Å². The number of hydrogen-bond donors (Lipinski definition) is 1. The average Bonchev–Trinajstić information content (AvgIpc) is 2.70. The van der Waals surface area contributed by atoms with Crippen LogP contribution in [-0.4, -0.2) is 86.4 Å². The smallest absolute Gasteiger partial charge is 0.236 e. The van der Waals surface area contributed by atoms with Gasteiger partial charge in [0.1, 0.15) is 0 Å². The van der Waals surface area contributed by atoms with Gasteiger partial charge in [-0.15, -0.1) is 0 Å². The van der Waals surface area contributed by atoms with Crippen LogP contribution in [-0.2, 0) is 19.6 Å². The zero-order chi connectivity index (χ0) is 17.0. The van der Waals surface area contributed by atoms with E-state index in [2.05, 4.69) is 0 Å². The normalized spacial score (nSPS) is 25.1. The lowest BCUT2D eigenvalue weighted by Gasteiger charge is -2.30. The Morgan fingerprint density at radius 3 is 2.26 bits per heavy atom. The Labute approximate surface area is 137 Å². The molecule has 0 radical (unpaired) electrons. The summed E-state index contributed by atoms with van der Waals surface area (Å²) in [6.45, 7) is 2.87. The first-order valence-electron chi connectivity index (χ1n) is 8.02. The first kappa shape index (κ1) is 18.2. The summed E-state index contributed by atoms with van der Waals surface area (Å²) in [7, 11) is -3.38. The van der Waals surface area contributed by atoms with Crippen molar-refractivity contribution in [2.24, 2.45) is 11.7 Å². The minimum Gasteiger partial charge on any atom is -0.369 e. The first-order valence-corrected chi connectivity index (χ1v) is 9.87. The van der Waals surface area contributed by atoms with Gasteiger partial charge in [0.15, 0.2) is 0 Å². The Hall–Kier alpha value is -1.19. The molecule has 2 fully saturated rings. The van der Waals surface area contributed by atoms with Gasteiger partial charge in [-0.3, -0.25) is 14.5 Å². The molecule has 0 bridgehead atoms. The topological polar surface area (TPSA) is 104 Å². The number of carbonyl (C=O) groups excluding carboxylic acids is 2. The lowest BCUT2D eigenvalue weighted by molar-refractivity contribution is -0.134. The van der Waals surface area contributed by atoms with Crippen molar-refractivity contribution in [3.63, 3.8) is 0 Å². The van der Waals surface area contributed by atoms with Gasteiger partial charge in [0.2, 0.25) is 21.8 Å². The molecule has 1 atom stereocenters. The van der Waals surface area contributed by atoms with Crippen LogP contribution in [0, 0.1) is 5.92 Å². The third-order valence-corrected chi connectivity index (χ3v) is 5.78. The molecule has 2 rings (SSSR count). The maximum Gasteiger partial charge on any atom is 0.236 e. The van der Waals surface area contributed by atoms with Crippen LogP contribution >= 0.6 is 0 Å². The molecular weight excluding hydrogens is 320 g/mol. The molecule has 0 aromatic heterocycles. The molecule has 2 aliphatic rings. The molecule has 0 aromatic carbocycles. The third-order valence-electron chi connectivity index (χ3n) is 4.51. The second kappa shape index (κ2) is 7.59. The summed E-state index contributed by atoms with van der Waals surface area (Å²) < 4.78 is 24.8. The van der Waals surface area contributed by atoms with Crippen molar-refractivity contribution in [2.45, 2.75) is 19.3 Å². The van der Waals surface area contributed by atoms with E-state index < -0.39 is 21.8 Å². The zero-order valence-electron chi connectivity index (χ0n) is 13.6. The standard InChI is InChI=1S/C14H26N4O4S/c1-23(21,22)18-8-7-16(9-12(10-18)14(15)20)11-13(19)17-5-3-2-4-6-17/h12H,2-11H2,1H3,(H2,15,20)/t12-/m0/s1. The summed E-state index contributed by atoms with van der Waals surface area (Å²) in [4.78, 5) is 27.7. The van der Waals surface area contributed by atoms with Crippen LogP contribution in [0.2, 0.25) is 0 Å². The van der Waals surface area contributed by atoms with Crippen molar-refractivity contribution in [3.8, 4) is 0 Å². The van der Waals surface area contributed by atoms with E-state index in [-0.39, 0.29) is 25.5 Å². The van der Waals surface area contributed by atoms with Gasteiger partial charge in [-0.25, -0.2) is 12.7 Å². The van der Waals surface area contributed by atoms with Crippen LogP contribution < -0.4 is 5.73 Å². The molecule has 2 aliphatic heterocycles. The van der Waals surface area contributed by atoms with Gasteiger partial charge in [-0.05, 0) is 19.3 Å². The quantitative estimate of drug-likeness (QED) is 0.680. The minimum absolute atomic E-state index is 0.0423.